The van der Waals surface area contributed by atoms with Gasteiger partial charge in [0.25, 0.3) is 0 Å². The highest BCUT2D eigenvalue weighted by Gasteiger charge is 2.41. The van der Waals surface area contributed by atoms with Crippen molar-refractivity contribution in [3.05, 3.63) is 35.8 Å². The molecular weight excluding hydrogens is 472 g/mol. The molecule has 1 aliphatic heterocycles. The minimum absolute atomic E-state index is 0.0296. The molecule has 9 heteroatoms. The summed E-state index contributed by atoms with van der Waals surface area (Å²) < 4.78 is 35.5. The van der Waals surface area contributed by atoms with E-state index in [1.807, 2.05) is 11.8 Å². The minimum Gasteiger partial charge on any atom is -0.497 e. The normalized spacial score (nSPS) is 19.7. The number of thioether (sulfide) groups is 1. The van der Waals surface area contributed by atoms with Gasteiger partial charge in [0, 0.05) is 28.5 Å². The Morgan fingerprint density at radius 2 is 2.09 bits per heavy atom. The van der Waals surface area contributed by atoms with E-state index in [-0.39, 0.29) is 18.4 Å². The molecule has 192 valence electrons. The first-order valence-corrected chi connectivity index (χ1v) is 13.6. The molecule has 2 N–H and O–H groups in total. The second kappa shape index (κ2) is 11.8. The molecule has 1 aromatic heterocycles. The van der Waals surface area contributed by atoms with Crippen molar-refractivity contribution in [2.75, 3.05) is 32.5 Å². The predicted octanol–water partition coefficient (Wildman–Crippen LogP) is 5.44. The Morgan fingerprint density at radius 3 is 2.77 bits per heavy atom. The summed E-state index contributed by atoms with van der Waals surface area (Å²) >= 11 is 2.04. The zero-order chi connectivity index (χ0) is 24.8. The summed E-state index contributed by atoms with van der Waals surface area (Å²) in [7, 11) is 1.50. The molecule has 1 saturated heterocycles. The van der Waals surface area contributed by atoms with E-state index in [1.54, 1.807) is 23.7 Å². The third-order valence-electron chi connectivity index (χ3n) is 7.72. The second-order valence-electron chi connectivity index (χ2n) is 9.75. The number of carbonyl (C=O) groups excluding carboxylic acids is 1. The number of halogens is 2. The van der Waals surface area contributed by atoms with E-state index >= 15 is 4.39 Å². The van der Waals surface area contributed by atoms with Crippen molar-refractivity contribution in [1.29, 1.82) is 0 Å². The number of carbonyl (C=O) groups is 1. The maximum absolute atomic E-state index is 15.5. The van der Waals surface area contributed by atoms with Gasteiger partial charge in [0.2, 0.25) is 5.91 Å². The number of likely N-dealkylation sites (tertiary alicyclic amines) is 1. The maximum Gasteiger partial charge on any atom is 0.249 e. The predicted molar refractivity (Wildman–Crippen MR) is 134 cm³/mol. The third kappa shape index (κ3) is 6.06. The van der Waals surface area contributed by atoms with E-state index in [9.17, 15) is 14.4 Å². The first kappa shape index (κ1) is 26.1. The summed E-state index contributed by atoms with van der Waals surface area (Å²) in [6.07, 6.45) is 5.98. The number of amides is 1. The van der Waals surface area contributed by atoms with Crippen molar-refractivity contribution in [2.24, 2.45) is 5.41 Å². The first-order chi connectivity index (χ1) is 17.0. The summed E-state index contributed by atoms with van der Waals surface area (Å²) in [6.45, 7) is 2.42. The molecule has 1 saturated carbocycles. The van der Waals surface area contributed by atoms with Gasteiger partial charge in [-0.25, -0.2) is 14.3 Å². The Labute approximate surface area is 209 Å². The molecule has 6 nitrogen and oxygen atoms in total. The smallest absolute Gasteiger partial charge is 0.249 e. The lowest BCUT2D eigenvalue weighted by Gasteiger charge is -2.40. The lowest BCUT2D eigenvalue weighted by atomic mass is 9.73. The van der Waals surface area contributed by atoms with Crippen LogP contribution in [0.15, 0.2) is 24.4 Å². The molecule has 2 aromatic rings. The van der Waals surface area contributed by atoms with Crippen molar-refractivity contribution in [1.82, 2.24) is 15.4 Å². The zero-order valence-electron chi connectivity index (χ0n) is 20.3. The van der Waals surface area contributed by atoms with E-state index in [4.69, 9.17) is 4.74 Å². The Bertz CT molecular complexity index is 1010. The number of hydroxylamine groups is 1. The Kier molecular flexibility index (Phi) is 8.83. The van der Waals surface area contributed by atoms with Crippen molar-refractivity contribution >= 4 is 28.6 Å². The highest BCUT2D eigenvalue weighted by Crippen LogP contribution is 2.41. The monoisotopic (exact) mass is 507 g/mol. The molecule has 0 unspecified atom stereocenters. The number of methoxy groups -OCH3 is 1. The van der Waals surface area contributed by atoms with E-state index in [2.05, 4.69) is 9.88 Å². The van der Waals surface area contributed by atoms with Gasteiger partial charge in [-0.3, -0.25) is 15.0 Å². The molecule has 1 amide bonds. The van der Waals surface area contributed by atoms with Gasteiger partial charge < -0.3 is 9.64 Å². The number of rotatable bonds is 10. The molecule has 2 fully saturated rings. The first-order valence-electron chi connectivity index (χ1n) is 12.5. The number of alkyl halides is 1. The summed E-state index contributed by atoms with van der Waals surface area (Å²) in [4.78, 5) is 19.1. The average Bonchev–Trinajstić information content (AvgIpc) is 3.40. The lowest BCUT2D eigenvalue weighted by molar-refractivity contribution is -0.143. The Morgan fingerprint density at radius 1 is 1.34 bits per heavy atom. The van der Waals surface area contributed by atoms with Gasteiger partial charge in [-0.05, 0) is 69.8 Å². The summed E-state index contributed by atoms with van der Waals surface area (Å²) in [6, 6.07) is 4.96. The fourth-order valence-corrected chi connectivity index (χ4v) is 6.84. The van der Waals surface area contributed by atoms with Crippen molar-refractivity contribution < 1.29 is 23.5 Å². The average molecular weight is 508 g/mol. The summed E-state index contributed by atoms with van der Waals surface area (Å²) in [5, 5.41) is 10.6. The number of piperidine rings is 1. The van der Waals surface area contributed by atoms with E-state index in [0.717, 1.165) is 36.8 Å². The summed E-state index contributed by atoms with van der Waals surface area (Å²) in [5.41, 5.74) is 1.36. The number of fused-ring (bicyclic) bond motifs is 1. The largest absolute Gasteiger partial charge is 0.497 e. The highest BCUT2D eigenvalue weighted by molar-refractivity contribution is 7.99. The molecule has 0 spiro atoms. The van der Waals surface area contributed by atoms with Gasteiger partial charge in [-0.1, -0.05) is 12.8 Å². The van der Waals surface area contributed by atoms with Crippen molar-refractivity contribution in [3.8, 4) is 5.75 Å². The van der Waals surface area contributed by atoms with Crippen LogP contribution in [-0.4, -0.2) is 58.7 Å². The molecule has 0 radical (unpaired) electrons. The van der Waals surface area contributed by atoms with Crippen LogP contribution in [0.3, 0.4) is 0 Å². The van der Waals surface area contributed by atoms with Crippen LogP contribution in [0.1, 0.15) is 63.1 Å². The number of nitrogens with zero attached hydrogens (tertiary/aromatic N) is 2. The second-order valence-corrected chi connectivity index (χ2v) is 11.2. The number of hydrogen-bond acceptors (Lipinski definition) is 6. The number of nitrogens with one attached hydrogen (secondary N) is 1. The van der Waals surface area contributed by atoms with Crippen LogP contribution >= 0.6 is 11.8 Å². The van der Waals surface area contributed by atoms with Crippen LogP contribution in [0.25, 0.3) is 10.9 Å². The number of pyridine rings is 1. The van der Waals surface area contributed by atoms with Gasteiger partial charge in [0.15, 0.2) is 0 Å². The molecule has 2 heterocycles. The fourth-order valence-electron chi connectivity index (χ4n) is 5.48. The van der Waals surface area contributed by atoms with Crippen LogP contribution in [-0.2, 0) is 4.79 Å². The molecule has 1 aromatic carbocycles. The van der Waals surface area contributed by atoms with Gasteiger partial charge in [-0.2, -0.15) is 11.8 Å². The number of hydrogen-bond donors (Lipinski definition) is 2. The van der Waals surface area contributed by atoms with Crippen molar-refractivity contribution in [3.63, 3.8) is 0 Å². The maximum atomic E-state index is 15.5. The van der Waals surface area contributed by atoms with Gasteiger partial charge in [0.05, 0.1) is 24.2 Å². The number of aromatic nitrogens is 1. The van der Waals surface area contributed by atoms with Crippen LogP contribution < -0.4 is 10.2 Å². The highest BCUT2D eigenvalue weighted by atomic mass is 32.2. The van der Waals surface area contributed by atoms with E-state index in [0.29, 0.717) is 29.5 Å². The molecule has 0 bridgehead atoms. The molecule has 1 aliphatic carbocycles. The van der Waals surface area contributed by atoms with E-state index < -0.39 is 23.3 Å². The Hall–Kier alpha value is -1.97. The third-order valence-corrected chi connectivity index (χ3v) is 9.08. The zero-order valence-corrected chi connectivity index (χ0v) is 21.1. The Balaban J connectivity index is 1.40. The molecule has 2 aliphatic rings. The number of ether oxygens (including phenoxy) is 1. The SMILES string of the molecule is COc1ccc2ncc(F)c([C@H](F)CCC3(C(=O)NO)CCN(CCSC4CCCC4)CC3)c2c1. The number of benzene rings is 1. The molecule has 4 rings (SSSR count). The van der Waals surface area contributed by atoms with Crippen molar-refractivity contribution in [2.45, 2.75) is 62.8 Å². The van der Waals surface area contributed by atoms with E-state index in [1.165, 1.54) is 32.8 Å². The fraction of sp³-hybridized carbons (Fsp3) is 0.615. The standard InChI is InChI=1S/C26H35F2N3O3S/c1-34-18-6-7-23-20(16-18)24(22(28)17-29-23)21(27)8-9-26(25(32)30-33)10-12-31(13-11-26)14-15-35-19-4-2-3-5-19/h6-7,16-17,19,21,33H,2-5,8-15H2,1H3,(H,30,32)/t21-/m1/s1. The quantitative estimate of drug-likeness (QED) is 0.330. The topological polar surface area (TPSA) is 74.7 Å². The van der Waals surface area contributed by atoms with Crippen LogP contribution in [0.4, 0.5) is 8.78 Å². The molecule has 35 heavy (non-hydrogen) atoms. The van der Waals surface area contributed by atoms with Gasteiger partial charge in [0.1, 0.15) is 17.7 Å². The van der Waals surface area contributed by atoms with Crippen LogP contribution in [0.5, 0.6) is 5.75 Å². The van der Waals surface area contributed by atoms with Crippen LogP contribution in [0, 0.1) is 11.2 Å². The van der Waals surface area contributed by atoms with Gasteiger partial charge >= 0.3 is 0 Å². The lowest BCUT2D eigenvalue weighted by Crippen LogP contribution is -2.48. The molecular formula is C26H35F2N3O3S. The van der Waals surface area contributed by atoms with Gasteiger partial charge in [-0.15, -0.1) is 0 Å². The minimum atomic E-state index is -1.61. The molecule has 1 atom stereocenters. The summed E-state index contributed by atoms with van der Waals surface area (Å²) in [5.74, 6) is 0.377. The van der Waals surface area contributed by atoms with Crippen LogP contribution in [0.2, 0.25) is 0 Å².